The van der Waals surface area contributed by atoms with Crippen LogP contribution in [0.4, 0.5) is 17.2 Å². The summed E-state index contributed by atoms with van der Waals surface area (Å²) in [6.07, 6.45) is 3.34. The first kappa shape index (κ1) is 18.8. The summed E-state index contributed by atoms with van der Waals surface area (Å²) in [6, 6.07) is 11.6. The number of para-hydroxylation sites is 2. The first-order valence-electron chi connectivity index (χ1n) is 9.46. The largest absolute Gasteiger partial charge is 0.495 e. The SMILES string of the molecule is COc1ccccc1N1CCN(c2cncc(C(=O)Nc3cc(C)on3)c2)CC1. The Kier molecular flexibility index (Phi) is 5.33. The topological polar surface area (TPSA) is 83.7 Å². The van der Waals surface area contributed by atoms with Crippen molar-refractivity contribution in [2.45, 2.75) is 6.92 Å². The monoisotopic (exact) mass is 393 g/mol. The molecule has 0 atom stereocenters. The summed E-state index contributed by atoms with van der Waals surface area (Å²) >= 11 is 0. The van der Waals surface area contributed by atoms with E-state index in [2.05, 4.69) is 31.3 Å². The summed E-state index contributed by atoms with van der Waals surface area (Å²) in [5.74, 6) is 1.65. The van der Waals surface area contributed by atoms with Crippen molar-refractivity contribution >= 4 is 23.1 Å². The molecule has 1 aromatic carbocycles. The van der Waals surface area contributed by atoms with Crippen molar-refractivity contribution in [3.63, 3.8) is 0 Å². The van der Waals surface area contributed by atoms with Crippen LogP contribution in [-0.2, 0) is 0 Å². The van der Waals surface area contributed by atoms with Crippen LogP contribution in [0.3, 0.4) is 0 Å². The van der Waals surface area contributed by atoms with Gasteiger partial charge in [-0.15, -0.1) is 0 Å². The number of carbonyl (C=O) groups is 1. The van der Waals surface area contributed by atoms with Crippen LogP contribution in [0.5, 0.6) is 5.75 Å². The average Bonchev–Trinajstić information content (AvgIpc) is 3.18. The fourth-order valence-corrected chi connectivity index (χ4v) is 3.44. The van der Waals surface area contributed by atoms with E-state index < -0.39 is 0 Å². The molecule has 0 radical (unpaired) electrons. The molecular formula is C21H23N5O3. The Hall–Kier alpha value is -3.55. The number of pyridine rings is 1. The van der Waals surface area contributed by atoms with Gasteiger partial charge in [0.05, 0.1) is 30.2 Å². The Balaban J connectivity index is 1.42. The van der Waals surface area contributed by atoms with Gasteiger partial charge < -0.3 is 24.4 Å². The van der Waals surface area contributed by atoms with Crippen molar-refractivity contribution in [1.29, 1.82) is 0 Å². The Bertz CT molecular complexity index is 995. The predicted octanol–water partition coefficient (Wildman–Crippen LogP) is 2.97. The first-order valence-corrected chi connectivity index (χ1v) is 9.46. The zero-order valence-corrected chi connectivity index (χ0v) is 16.5. The highest BCUT2D eigenvalue weighted by Gasteiger charge is 2.21. The second-order valence-electron chi connectivity index (χ2n) is 6.85. The van der Waals surface area contributed by atoms with Crippen molar-refractivity contribution in [2.24, 2.45) is 0 Å². The summed E-state index contributed by atoms with van der Waals surface area (Å²) in [5, 5.41) is 6.52. The van der Waals surface area contributed by atoms with Crippen LogP contribution < -0.4 is 19.9 Å². The van der Waals surface area contributed by atoms with E-state index in [0.717, 1.165) is 43.3 Å². The van der Waals surface area contributed by atoms with Crippen LogP contribution in [0.1, 0.15) is 16.1 Å². The minimum Gasteiger partial charge on any atom is -0.495 e. The fraction of sp³-hybridized carbons (Fsp3) is 0.286. The van der Waals surface area contributed by atoms with Gasteiger partial charge in [0.2, 0.25) is 0 Å². The van der Waals surface area contributed by atoms with E-state index in [4.69, 9.17) is 9.26 Å². The molecule has 3 heterocycles. The predicted molar refractivity (Wildman–Crippen MR) is 111 cm³/mol. The van der Waals surface area contributed by atoms with Crippen LogP contribution in [-0.4, -0.2) is 49.3 Å². The number of benzene rings is 1. The van der Waals surface area contributed by atoms with Gasteiger partial charge in [0.25, 0.3) is 5.91 Å². The number of hydrogen-bond donors (Lipinski definition) is 1. The third-order valence-electron chi connectivity index (χ3n) is 4.93. The molecule has 8 heteroatoms. The van der Waals surface area contributed by atoms with Gasteiger partial charge in [-0.3, -0.25) is 9.78 Å². The van der Waals surface area contributed by atoms with Gasteiger partial charge in [-0.1, -0.05) is 17.3 Å². The minimum atomic E-state index is -0.264. The number of rotatable bonds is 5. The number of hydrogen-bond acceptors (Lipinski definition) is 7. The van der Waals surface area contributed by atoms with E-state index >= 15 is 0 Å². The van der Waals surface area contributed by atoms with Gasteiger partial charge in [-0.2, -0.15) is 0 Å². The molecule has 1 saturated heterocycles. The minimum absolute atomic E-state index is 0.264. The molecular weight excluding hydrogens is 370 g/mol. The lowest BCUT2D eigenvalue weighted by molar-refractivity contribution is 0.102. The molecule has 1 fully saturated rings. The zero-order chi connectivity index (χ0) is 20.2. The maximum Gasteiger partial charge on any atom is 0.258 e. The van der Waals surface area contributed by atoms with E-state index in [1.165, 1.54) is 0 Å². The molecule has 1 aliphatic rings. The second-order valence-corrected chi connectivity index (χ2v) is 6.85. The molecule has 0 aliphatic carbocycles. The number of carbonyl (C=O) groups excluding carboxylic acids is 1. The van der Waals surface area contributed by atoms with E-state index in [1.54, 1.807) is 32.5 Å². The lowest BCUT2D eigenvalue weighted by atomic mass is 10.2. The Morgan fingerprint density at radius 2 is 1.86 bits per heavy atom. The van der Waals surface area contributed by atoms with Gasteiger partial charge in [-0.25, -0.2) is 0 Å². The number of aryl methyl sites for hydroxylation is 1. The van der Waals surface area contributed by atoms with E-state index in [9.17, 15) is 4.79 Å². The number of methoxy groups -OCH3 is 1. The van der Waals surface area contributed by atoms with E-state index in [-0.39, 0.29) is 5.91 Å². The van der Waals surface area contributed by atoms with Crippen LogP contribution in [0.15, 0.2) is 53.3 Å². The molecule has 150 valence electrons. The maximum atomic E-state index is 12.5. The summed E-state index contributed by atoms with van der Waals surface area (Å²) < 4.78 is 10.5. The van der Waals surface area contributed by atoms with E-state index in [0.29, 0.717) is 17.1 Å². The maximum absolute atomic E-state index is 12.5. The molecule has 0 spiro atoms. The van der Waals surface area contributed by atoms with Crippen molar-refractivity contribution in [1.82, 2.24) is 10.1 Å². The van der Waals surface area contributed by atoms with Crippen molar-refractivity contribution in [2.75, 3.05) is 48.4 Å². The molecule has 1 N–H and O–H groups in total. The molecule has 1 aliphatic heterocycles. The molecule has 4 rings (SSSR count). The van der Waals surface area contributed by atoms with Crippen molar-refractivity contribution in [3.8, 4) is 5.75 Å². The standard InChI is InChI=1S/C21H23N5O3/c1-15-11-20(24-29-15)23-21(27)16-12-17(14-22-13-16)25-7-9-26(10-8-25)18-5-3-4-6-19(18)28-2/h3-6,11-14H,7-10H2,1-2H3,(H,23,24,27). The lowest BCUT2D eigenvalue weighted by Crippen LogP contribution is -2.46. The summed E-state index contributed by atoms with van der Waals surface area (Å²) in [7, 11) is 1.69. The molecule has 0 saturated carbocycles. The molecule has 0 unspecified atom stereocenters. The van der Waals surface area contributed by atoms with Crippen molar-refractivity contribution < 1.29 is 14.1 Å². The number of nitrogens with one attached hydrogen (secondary N) is 1. The lowest BCUT2D eigenvalue weighted by Gasteiger charge is -2.37. The highest BCUT2D eigenvalue weighted by Crippen LogP contribution is 2.29. The van der Waals surface area contributed by atoms with Crippen LogP contribution in [0.2, 0.25) is 0 Å². The third kappa shape index (κ3) is 4.16. The van der Waals surface area contributed by atoms with E-state index in [1.807, 2.05) is 24.3 Å². The number of amides is 1. The van der Waals surface area contributed by atoms with Gasteiger partial charge in [0.15, 0.2) is 5.82 Å². The smallest absolute Gasteiger partial charge is 0.258 e. The number of aromatic nitrogens is 2. The summed E-state index contributed by atoms with van der Waals surface area (Å²) in [5.41, 5.74) is 2.51. The number of ether oxygens (including phenoxy) is 1. The molecule has 8 nitrogen and oxygen atoms in total. The van der Waals surface area contributed by atoms with Gasteiger partial charge in [-0.05, 0) is 25.1 Å². The van der Waals surface area contributed by atoms with Crippen molar-refractivity contribution in [3.05, 3.63) is 60.1 Å². The van der Waals surface area contributed by atoms with Gasteiger partial charge in [0.1, 0.15) is 11.5 Å². The third-order valence-corrected chi connectivity index (χ3v) is 4.93. The summed E-state index contributed by atoms with van der Waals surface area (Å²) in [6.45, 7) is 5.14. The van der Waals surface area contributed by atoms with Crippen LogP contribution in [0.25, 0.3) is 0 Å². The zero-order valence-electron chi connectivity index (χ0n) is 16.5. The quantitative estimate of drug-likeness (QED) is 0.713. The normalized spacial score (nSPS) is 14.0. The Morgan fingerprint density at radius 3 is 2.59 bits per heavy atom. The fourth-order valence-electron chi connectivity index (χ4n) is 3.44. The number of nitrogens with zero attached hydrogens (tertiary/aromatic N) is 4. The highest BCUT2D eigenvalue weighted by atomic mass is 16.5. The highest BCUT2D eigenvalue weighted by molar-refractivity contribution is 6.04. The summed E-state index contributed by atoms with van der Waals surface area (Å²) in [4.78, 5) is 21.3. The molecule has 2 aromatic heterocycles. The molecule has 3 aromatic rings. The number of anilines is 3. The molecule has 0 bridgehead atoms. The average molecular weight is 393 g/mol. The Labute approximate surface area is 169 Å². The molecule has 29 heavy (non-hydrogen) atoms. The number of piperazine rings is 1. The van der Waals surface area contributed by atoms with Crippen LogP contribution in [0, 0.1) is 6.92 Å². The van der Waals surface area contributed by atoms with Gasteiger partial charge >= 0.3 is 0 Å². The second kappa shape index (κ2) is 8.22. The molecule has 1 amide bonds. The van der Waals surface area contributed by atoms with Crippen LogP contribution >= 0.6 is 0 Å². The Morgan fingerprint density at radius 1 is 1.10 bits per heavy atom. The first-order chi connectivity index (χ1) is 14.1. The van der Waals surface area contributed by atoms with Gasteiger partial charge in [0, 0.05) is 38.4 Å².